The predicted molar refractivity (Wildman–Crippen MR) is 104 cm³/mol. The predicted octanol–water partition coefficient (Wildman–Crippen LogP) is 4.72. The van der Waals surface area contributed by atoms with Gasteiger partial charge in [-0.15, -0.1) is 0 Å². The fraction of sp³-hybridized carbons (Fsp3) is 0.118. The van der Waals surface area contributed by atoms with Crippen molar-refractivity contribution in [1.82, 2.24) is 14.9 Å². The molecule has 1 N–H and O–H groups in total. The van der Waals surface area contributed by atoms with Crippen LogP contribution in [0, 0.1) is 4.77 Å². The van der Waals surface area contributed by atoms with Crippen LogP contribution in [-0.4, -0.2) is 28.2 Å². The number of aromatic nitrogens is 3. The van der Waals surface area contributed by atoms with E-state index in [1.54, 1.807) is 31.5 Å². The van der Waals surface area contributed by atoms with Gasteiger partial charge in [-0.25, -0.2) is 0 Å². The number of rotatable bonds is 6. The molecule has 0 saturated carbocycles. The standard InChI is InChI=1S/C17H14Cl2N4O2S/c1-24-15-4-2-11(8-21-23-10-20-22-17(23)26)6-12(15)9-25-16-5-3-13(18)7-14(16)19/h2-8,10H,9H2,1H3,(H,22,26). The lowest BCUT2D eigenvalue weighted by Gasteiger charge is -2.12. The molecule has 3 rings (SSSR count). The third-order valence-electron chi connectivity index (χ3n) is 3.45. The van der Waals surface area contributed by atoms with Crippen LogP contribution in [0.3, 0.4) is 0 Å². The lowest BCUT2D eigenvalue weighted by molar-refractivity contribution is 0.297. The molecule has 0 unspecified atom stereocenters. The number of methoxy groups -OCH3 is 1. The summed E-state index contributed by atoms with van der Waals surface area (Å²) < 4.78 is 13.1. The summed E-state index contributed by atoms with van der Waals surface area (Å²) in [6.45, 7) is 0.275. The van der Waals surface area contributed by atoms with E-state index in [-0.39, 0.29) is 6.61 Å². The maximum absolute atomic E-state index is 6.14. The number of benzene rings is 2. The number of ether oxygens (including phenoxy) is 2. The van der Waals surface area contributed by atoms with Crippen LogP contribution in [0.15, 0.2) is 47.8 Å². The highest BCUT2D eigenvalue weighted by molar-refractivity contribution is 7.71. The molecule has 0 aliphatic rings. The first-order chi connectivity index (χ1) is 12.6. The van der Waals surface area contributed by atoms with Gasteiger partial charge >= 0.3 is 0 Å². The fourth-order valence-electron chi connectivity index (χ4n) is 2.19. The van der Waals surface area contributed by atoms with Crippen LogP contribution in [0.5, 0.6) is 11.5 Å². The van der Waals surface area contributed by atoms with Crippen molar-refractivity contribution < 1.29 is 9.47 Å². The monoisotopic (exact) mass is 408 g/mol. The summed E-state index contributed by atoms with van der Waals surface area (Å²) in [5.74, 6) is 1.24. The van der Waals surface area contributed by atoms with Crippen molar-refractivity contribution in [2.45, 2.75) is 6.61 Å². The molecule has 0 radical (unpaired) electrons. The van der Waals surface area contributed by atoms with Crippen molar-refractivity contribution in [3.63, 3.8) is 0 Å². The second-order valence-electron chi connectivity index (χ2n) is 5.19. The normalized spacial score (nSPS) is 11.0. The smallest absolute Gasteiger partial charge is 0.216 e. The lowest BCUT2D eigenvalue weighted by Crippen LogP contribution is -2.00. The highest BCUT2D eigenvalue weighted by Crippen LogP contribution is 2.29. The summed E-state index contributed by atoms with van der Waals surface area (Å²) in [5.41, 5.74) is 1.70. The van der Waals surface area contributed by atoms with Crippen molar-refractivity contribution in [2.24, 2.45) is 5.10 Å². The van der Waals surface area contributed by atoms with E-state index in [2.05, 4.69) is 15.3 Å². The van der Waals surface area contributed by atoms with Crippen LogP contribution < -0.4 is 9.47 Å². The Morgan fingerprint density at radius 1 is 1.23 bits per heavy atom. The molecule has 6 nitrogen and oxygen atoms in total. The average molecular weight is 409 g/mol. The van der Waals surface area contributed by atoms with E-state index >= 15 is 0 Å². The van der Waals surface area contributed by atoms with Gasteiger partial charge in [-0.05, 0) is 54.2 Å². The Morgan fingerprint density at radius 2 is 2.04 bits per heavy atom. The summed E-state index contributed by atoms with van der Waals surface area (Å²) in [5, 5.41) is 11.7. The quantitative estimate of drug-likeness (QED) is 0.473. The van der Waals surface area contributed by atoms with Gasteiger partial charge in [-0.2, -0.15) is 14.9 Å². The SMILES string of the molecule is COc1ccc(C=Nn2cn[nH]c2=S)cc1COc1ccc(Cl)cc1Cl. The molecule has 0 atom stereocenters. The highest BCUT2D eigenvalue weighted by Gasteiger charge is 2.08. The van der Waals surface area contributed by atoms with Crippen molar-refractivity contribution in [3.8, 4) is 11.5 Å². The minimum absolute atomic E-state index is 0.275. The van der Waals surface area contributed by atoms with Crippen LogP contribution in [0.2, 0.25) is 10.0 Å². The Kier molecular flexibility index (Phi) is 5.92. The third kappa shape index (κ3) is 4.43. The lowest BCUT2D eigenvalue weighted by atomic mass is 10.1. The minimum Gasteiger partial charge on any atom is -0.496 e. The number of hydrogen-bond acceptors (Lipinski definition) is 5. The molecule has 0 bridgehead atoms. The van der Waals surface area contributed by atoms with Gasteiger partial charge in [0.15, 0.2) is 0 Å². The average Bonchev–Trinajstić information content (AvgIpc) is 3.04. The summed E-state index contributed by atoms with van der Waals surface area (Å²) in [6, 6.07) is 10.7. The maximum atomic E-state index is 6.14. The molecule has 134 valence electrons. The zero-order valence-electron chi connectivity index (χ0n) is 13.6. The van der Waals surface area contributed by atoms with Crippen molar-refractivity contribution >= 4 is 41.6 Å². The van der Waals surface area contributed by atoms with Crippen molar-refractivity contribution in [1.29, 1.82) is 0 Å². The first kappa shape index (κ1) is 18.4. The third-order valence-corrected chi connectivity index (χ3v) is 4.26. The number of H-pyrrole nitrogens is 1. The molecule has 9 heteroatoms. The van der Waals surface area contributed by atoms with E-state index in [1.165, 1.54) is 11.0 Å². The molecule has 0 fully saturated rings. The zero-order chi connectivity index (χ0) is 18.5. The molecule has 0 aliphatic carbocycles. The van der Waals surface area contributed by atoms with E-state index in [4.69, 9.17) is 44.9 Å². The van der Waals surface area contributed by atoms with E-state index in [0.717, 1.165) is 11.1 Å². The summed E-state index contributed by atoms with van der Waals surface area (Å²) in [6.07, 6.45) is 3.17. The van der Waals surface area contributed by atoms with E-state index < -0.39 is 0 Å². The van der Waals surface area contributed by atoms with E-state index in [9.17, 15) is 0 Å². The Morgan fingerprint density at radius 3 is 2.73 bits per heavy atom. The number of aromatic amines is 1. The molecule has 1 heterocycles. The molecule has 3 aromatic rings. The molecule has 0 spiro atoms. The fourth-order valence-corrected chi connectivity index (χ4v) is 2.80. The van der Waals surface area contributed by atoms with Gasteiger partial charge in [0, 0.05) is 10.6 Å². The van der Waals surface area contributed by atoms with Crippen LogP contribution in [-0.2, 0) is 6.61 Å². The topological polar surface area (TPSA) is 64.4 Å². The van der Waals surface area contributed by atoms with Gasteiger partial charge in [0.1, 0.15) is 24.4 Å². The number of nitrogens with zero attached hydrogens (tertiary/aromatic N) is 3. The van der Waals surface area contributed by atoms with Gasteiger partial charge in [-0.1, -0.05) is 23.2 Å². The molecule has 0 aliphatic heterocycles. The summed E-state index contributed by atoms with van der Waals surface area (Å²) in [7, 11) is 1.60. The molecule has 0 amide bonds. The summed E-state index contributed by atoms with van der Waals surface area (Å²) >= 11 is 17.1. The Hall–Kier alpha value is -2.35. The second-order valence-corrected chi connectivity index (χ2v) is 6.42. The largest absolute Gasteiger partial charge is 0.496 e. The first-order valence-electron chi connectivity index (χ1n) is 7.48. The Labute approximate surface area is 165 Å². The molecular formula is C17H14Cl2N4O2S. The van der Waals surface area contributed by atoms with Crippen LogP contribution in [0.4, 0.5) is 0 Å². The number of hydrogen-bond donors (Lipinski definition) is 1. The highest BCUT2D eigenvalue weighted by atomic mass is 35.5. The maximum Gasteiger partial charge on any atom is 0.216 e. The first-order valence-corrected chi connectivity index (χ1v) is 8.64. The zero-order valence-corrected chi connectivity index (χ0v) is 16.0. The van der Waals surface area contributed by atoms with E-state index in [1.807, 2.05) is 18.2 Å². The van der Waals surface area contributed by atoms with Gasteiger partial charge in [-0.3, -0.25) is 5.10 Å². The van der Waals surface area contributed by atoms with Crippen LogP contribution in [0.25, 0.3) is 0 Å². The molecule has 26 heavy (non-hydrogen) atoms. The van der Waals surface area contributed by atoms with Gasteiger partial charge in [0.25, 0.3) is 0 Å². The summed E-state index contributed by atoms with van der Waals surface area (Å²) in [4.78, 5) is 0. The van der Waals surface area contributed by atoms with Gasteiger partial charge in [0.2, 0.25) is 4.77 Å². The Balaban J connectivity index is 1.80. The minimum atomic E-state index is 0.275. The van der Waals surface area contributed by atoms with Crippen molar-refractivity contribution in [3.05, 3.63) is 68.7 Å². The van der Waals surface area contributed by atoms with Crippen LogP contribution >= 0.6 is 35.4 Å². The number of halogens is 2. The molecule has 1 aromatic heterocycles. The van der Waals surface area contributed by atoms with Gasteiger partial charge in [0.05, 0.1) is 18.3 Å². The van der Waals surface area contributed by atoms with Gasteiger partial charge < -0.3 is 9.47 Å². The van der Waals surface area contributed by atoms with Crippen LogP contribution in [0.1, 0.15) is 11.1 Å². The number of nitrogens with one attached hydrogen (secondary N) is 1. The molecular weight excluding hydrogens is 395 g/mol. The Bertz CT molecular complexity index is 1000. The van der Waals surface area contributed by atoms with E-state index in [0.29, 0.717) is 26.3 Å². The second kappa shape index (κ2) is 8.35. The molecule has 2 aromatic carbocycles. The molecule has 0 saturated heterocycles. The van der Waals surface area contributed by atoms with Crippen molar-refractivity contribution in [2.75, 3.05) is 7.11 Å².